The Bertz CT molecular complexity index is 745. The minimum absolute atomic E-state index is 0.295. The third kappa shape index (κ3) is 3.30. The molecular weight excluding hydrogens is 427 g/mol. The molecule has 0 saturated heterocycles. The molecule has 2 aromatic heterocycles. The summed E-state index contributed by atoms with van der Waals surface area (Å²) >= 11 is 3.77. The van der Waals surface area contributed by atoms with Crippen LogP contribution in [0, 0.1) is 3.70 Å². The second-order valence-corrected chi connectivity index (χ2v) is 7.43. The van der Waals surface area contributed by atoms with Crippen LogP contribution in [0.4, 0.5) is 10.8 Å². The number of hydrogen-bond donors (Lipinski definition) is 1. The van der Waals surface area contributed by atoms with Crippen molar-refractivity contribution in [2.45, 2.75) is 25.7 Å². The van der Waals surface area contributed by atoms with Crippen molar-refractivity contribution in [3.8, 4) is 5.75 Å². The Morgan fingerprint density at radius 3 is 2.83 bits per heavy atom. The van der Waals surface area contributed by atoms with E-state index in [1.165, 1.54) is 18.4 Å². The van der Waals surface area contributed by atoms with E-state index in [1.807, 2.05) is 12.1 Å². The Balaban J connectivity index is 2.05. The van der Waals surface area contributed by atoms with E-state index in [9.17, 15) is 4.79 Å². The summed E-state index contributed by atoms with van der Waals surface area (Å²) in [6.07, 6.45) is 4.22. The summed E-state index contributed by atoms with van der Waals surface area (Å²) in [5, 5.41) is 4.07. The fourth-order valence-corrected chi connectivity index (χ4v) is 4.45. The van der Waals surface area contributed by atoms with Crippen molar-refractivity contribution in [1.29, 1.82) is 0 Å². The first-order chi connectivity index (χ1) is 11.1. The molecule has 0 aromatic carbocycles. The predicted molar refractivity (Wildman–Crippen MR) is 99.1 cm³/mol. The number of methoxy groups -OCH3 is 2. The summed E-state index contributed by atoms with van der Waals surface area (Å²) in [5.74, 6) is 0.965. The van der Waals surface area contributed by atoms with E-state index in [1.54, 1.807) is 18.4 Å². The lowest BCUT2D eigenvalue weighted by Gasteiger charge is -2.12. The Kier molecular flexibility index (Phi) is 5.05. The molecule has 0 aliphatic heterocycles. The van der Waals surface area contributed by atoms with E-state index in [0.717, 1.165) is 33.5 Å². The molecule has 1 N–H and O–H groups in total. The lowest BCUT2D eigenvalue weighted by atomic mass is 9.95. The standard InChI is InChI=1S/C16H17IN2O3S/c1-21-10-7-8-12(17)18-14(10)19-15-13(16(20)22-2)9-5-3-4-6-11(9)23-15/h7-8H,3-6H2,1-2H3,(H,18,19). The number of aromatic nitrogens is 1. The number of carbonyl (C=O) groups excluding carboxylic acids is 1. The zero-order valence-electron chi connectivity index (χ0n) is 12.9. The van der Waals surface area contributed by atoms with Gasteiger partial charge in [0, 0.05) is 4.88 Å². The second-order valence-electron chi connectivity index (χ2n) is 5.22. The van der Waals surface area contributed by atoms with Crippen LogP contribution in [0.2, 0.25) is 0 Å². The van der Waals surface area contributed by atoms with Crippen molar-refractivity contribution < 1.29 is 14.3 Å². The van der Waals surface area contributed by atoms with Gasteiger partial charge in [0.25, 0.3) is 0 Å². The number of pyridine rings is 1. The van der Waals surface area contributed by atoms with E-state index < -0.39 is 0 Å². The van der Waals surface area contributed by atoms with Crippen molar-refractivity contribution in [2.24, 2.45) is 0 Å². The quantitative estimate of drug-likeness (QED) is 0.436. The molecule has 2 heterocycles. The molecule has 0 spiro atoms. The second kappa shape index (κ2) is 7.04. The van der Waals surface area contributed by atoms with Crippen LogP contribution >= 0.6 is 33.9 Å². The number of nitrogens with zero attached hydrogens (tertiary/aromatic N) is 1. The van der Waals surface area contributed by atoms with Crippen LogP contribution in [0.3, 0.4) is 0 Å². The number of anilines is 2. The van der Waals surface area contributed by atoms with Gasteiger partial charge < -0.3 is 14.8 Å². The maximum Gasteiger partial charge on any atom is 0.341 e. The SMILES string of the molecule is COC(=O)c1c(Nc2nc(I)ccc2OC)sc2c1CCCC2. The van der Waals surface area contributed by atoms with Crippen LogP contribution in [-0.4, -0.2) is 25.2 Å². The van der Waals surface area contributed by atoms with Gasteiger partial charge in [0.15, 0.2) is 11.6 Å². The number of carbonyl (C=O) groups is 1. The highest BCUT2D eigenvalue weighted by molar-refractivity contribution is 14.1. The van der Waals surface area contributed by atoms with Crippen molar-refractivity contribution in [2.75, 3.05) is 19.5 Å². The van der Waals surface area contributed by atoms with E-state index in [4.69, 9.17) is 9.47 Å². The molecule has 3 rings (SSSR count). The highest BCUT2D eigenvalue weighted by atomic mass is 127. The van der Waals surface area contributed by atoms with Crippen LogP contribution < -0.4 is 10.1 Å². The molecule has 23 heavy (non-hydrogen) atoms. The molecule has 0 bridgehead atoms. The van der Waals surface area contributed by atoms with Gasteiger partial charge in [0.1, 0.15) is 8.70 Å². The van der Waals surface area contributed by atoms with E-state index in [0.29, 0.717) is 17.1 Å². The molecule has 2 aromatic rings. The van der Waals surface area contributed by atoms with Crippen molar-refractivity contribution >= 4 is 50.7 Å². The maximum atomic E-state index is 12.3. The molecule has 0 radical (unpaired) electrons. The van der Waals surface area contributed by atoms with Gasteiger partial charge in [-0.15, -0.1) is 11.3 Å². The number of nitrogens with one attached hydrogen (secondary N) is 1. The Hall–Kier alpha value is -1.35. The number of hydrogen-bond acceptors (Lipinski definition) is 6. The summed E-state index contributed by atoms with van der Waals surface area (Å²) < 4.78 is 11.2. The lowest BCUT2D eigenvalue weighted by Crippen LogP contribution is -2.09. The van der Waals surface area contributed by atoms with Gasteiger partial charge in [0.05, 0.1) is 19.8 Å². The number of aryl methyl sites for hydroxylation is 1. The molecule has 0 unspecified atom stereocenters. The fourth-order valence-electron chi connectivity index (χ4n) is 2.76. The monoisotopic (exact) mass is 444 g/mol. The molecule has 5 nitrogen and oxygen atoms in total. The number of rotatable bonds is 4. The Labute approximate surface area is 152 Å². The molecule has 1 aliphatic rings. The topological polar surface area (TPSA) is 60.5 Å². The van der Waals surface area contributed by atoms with E-state index in [-0.39, 0.29) is 5.97 Å². The number of halogens is 1. The summed E-state index contributed by atoms with van der Waals surface area (Å²) in [4.78, 5) is 18.0. The predicted octanol–water partition coefficient (Wildman–Crippen LogP) is 4.17. The fraction of sp³-hybridized carbons (Fsp3) is 0.375. The molecule has 0 saturated carbocycles. The van der Waals surface area contributed by atoms with Gasteiger partial charge in [-0.1, -0.05) is 0 Å². The summed E-state index contributed by atoms with van der Waals surface area (Å²) in [6, 6.07) is 3.74. The van der Waals surface area contributed by atoms with Crippen LogP contribution in [-0.2, 0) is 17.6 Å². The third-order valence-corrected chi connectivity index (χ3v) is 5.64. The smallest absolute Gasteiger partial charge is 0.341 e. The zero-order valence-corrected chi connectivity index (χ0v) is 15.9. The first-order valence-corrected chi connectivity index (χ1v) is 9.24. The van der Waals surface area contributed by atoms with Gasteiger partial charge in [0.2, 0.25) is 0 Å². The number of ether oxygens (including phenoxy) is 2. The van der Waals surface area contributed by atoms with Crippen LogP contribution in [0.5, 0.6) is 5.75 Å². The number of thiophene rings is 1. The highest BCUT2D eigenvalue weighted by Crippen LogP contribution is 2.40. The molecule has 0 fully saturated rings. The van der Waals surface area contributed by atoms with Gasteiger partial charge in [-0.2, -0.15) is 0 Å². The first kappa shape index (κ1) is 16.5. The van der Waals surface area contributed by atoms with Crippen LogP contribution in [0.25, 0.3) is 0 Å². The summed E-state index contributed by atoms with van der Waals surface area (Å²) in [6.45, 7) is 0. The van der Waals surface area contributed by atoms with Crippen LogP contribution in [0.15, 0.2) is 12.1 Å². The Morgan fingerprint density at radius 2 is 2.09 bits per heavy atom. The van der Waals surface area contributed by atoms with Crippen LogP contribution in [0.1, 0.15) is 33.6 Å². The van der Waals surface area contributed by atoms with Gasteiger partial charge in [-0.3, -0.25) is 0 Å². The third-order valence-electron chi connectivity index (χ3n) is 3.84. The molecule has 0 atom stereocenters. The van der Waals surface area contributed by atoms with Gasteiger partial charge >= 0.3 is 5.97 Å². The molecule has 7 heteroatoms. The molecular formula is C16H17IN2O3S. The van der Waals surface area contributed by atoms with Crippen molar-refractivity contribution in [1.82, 2.24) is 4.98 Å². The maximum absolute atomic E-state index is 12.3. The summed E-state index contributed by atoms with van der Waals surface area (Å²) in [5.41, 5.74) is 1.77. The molecule has 122 valence electrons. The largest absolute Gasteiger partial charge is 0.493 e. The van der Waals surface area contributed by atoms with Crippen molar-refractivity contribution in [3.63, 3.8) is 0 Å². The average Bonchev–Trinajstić information content (AvgIpc) is 2.92. The van der Waals surface area contributed by atoms with E-state index in [2.05, 4.69) is 32.9 Å². The highest BCUT2D eigenvalue weighted by Gasteiger charge is 2.26. The van der Waals surface area contributed by atoms with E-state index >= 15 is 0 Å². The number of fused-ring (bicyclic) bond motifs is 1. The molecule has 0 amide bonds. The minimum Gasteiger partial charge on any atom is -0.493 e. The summed E-state index contributed by atoms with van der Waals surface area (Å²) in [7, 11) is 3.03. The zero-order chi connectivity index (χ0) is 16.4. The molecule has 1 aliphatic carbocycles. The first-order valence-electron chi connectivity index (χ1n) is 7.34. The van der Waals surface area contributed by atoms with Crippen molar-refractivity contribution in [3.05, 3.63) is 31.8 Å². The normalized spacial score (nSPS) is 13.3. The lowest BCUT2D eigenvalue weighted by molar-refractivity contribution is 0.0601. The Morgan fingerprint density at radius 1 is 1.30 bits per heavy atom. The van der Waals surface area contributed by atoms with Gasteiger partial charge in [-0.25, -0.2) is 9.78 Å². The number of esters is 1. The average molecular weight is 444 g/mol. The minimum atomic E-state index is -0.295. The van der Waals surface area contributed by atoms with Gasteiger partial charge in [-0.05, 0) is 66.0 Å².